The summed E-state index contributed by atoms with van der Waals surface area (Å²) >= 11 is 0. The average Bonchev–Trinajstić information content (AvgIpc) is 2.69. The highest BCUT2D eigenvalue weighted by Crippen LogP contribution is 2.19. The van der Waals surface area contributed by atoms with Gasteiger partial charge in [-0.25, -0.2) is 4.79 Å². The number of hydrogen-bond donors (Lipinski definition) is 2. The third-order valence-corrected chi connectivity index (χ3v) is 3.95. The summed E-state index contributed by atoms with van der Waals surface area (Å²) in [6, 6.07) is 17.9. The first-order valence-corrected chi connectivity index (χ1v) is 8.93. The molecule has 0 aliphatic rings. The molecule has 0 bridgehead atoms. The van der Waals surface area contributed by atoms with Crippen molar-refractivity contribution < 1.29 is 14.3 Å². The topological polar surface area (TPSA) is 80.3 Å². The van der Waals surface area contributed by atoms with E-state index in [1.54, 1.807) is 49.5 Å². The van der Waals surface area contributed by atoms with E-state index >= 15 is 0 Å². The smallest absolute Gasteiger partial charge is 0.338 e. The van der Waals surface area contributed by atoms with Crippen molar-refractivity contribution in [1.82, 2.24) is 4.98 Å². The van der Waals surface area contributed by atoms with Gasteiger partial charge in [-0.3, -0.25) is 9.78 Å². The Balaban J connectivity index is 1.69. The molecular formula is C22H21N3O3. The van der Waals surface area contributed by atoms with Gasteiger partial charge >= 0.3 is 5.97 Å². The minimum Gasteiger partial charge on any atom is -0.462 e. The minimum atomic E-state index is -0.354. The second-order valence-corrected chi connectivity index (χ2v) is 6.18. The Hall–Kier alpha value is -3.67. The molecule has 0 saturated carbocycles. The number of carbonyl (C=O) groups is 2. The van der Waals surface area contributed by atoms with Gasteiger partial charge in [-0.2, -0.15) is 0 Å². The number of nitrogens with zero attached hydrogens (tertiary/aromatic N) is 1. The van der Waals surface area contributed by atoms with Gasteiger partial charge in [-0.15, -0.1) is 0 Å². The van der Waals surface area contributed by atoms with Crippen molar-refractivity contribution >= 4 is 28.9 Å². The molecule has 0 fully saturated rings. The monoisotopic (exact) mass is 375 g/mol. The number of amides is 1. The zero-order chi connectivity index (χ0) is 19.9. The van der Waals surface area contributed by atoms with Crippen LogP contribution in [0.3, 0.4) is 0 Å². The molecule has 1 amide bonds. The summed E-state index contributed by atoms with van der Waals surface area (Å²) in [5.74, 6) is -0.639. The Morgan fingerprint density at radius 3 is 2.46 bits per heavy atom. The molecule has 142 valence electrons. The number of esters is 1. The Bertz CT molecular complexity index is 984. The van der Waals surface area contributed by atoms with Gasteiger partial charge in [0, 0.05) is 23.3 Å². The van der Waals surface area contributed by atoms with Crippen LogP contribution in [0.15, 0.2) is 66.9 Å². The number of aryl methyl sites for hydroxylation is 1. The zero-order valence-corrected chi connectivity index (χ0v) is 15.7. The standard InChI is InChI=1S/C22H21N3O3/c1-3-28-22(27)16-7-9-17(10-8-16)24-19-11-12-23-20(14-19)21(26)25-18-6-4-5-15(2)13-18/h4-14H,3H2,1-2H3,(H,23,24)(H,25,26). The molecule has 2 N–H and O–H groups in total. The van der Waals surface area contributed by atoms with E-state index in [1.165, 1.54) is 0 Å². The maximum atomic E-state index is 12.5. The molecule has 28 heavy (non-hydrogen) atoms. The highest BCUT2D eigenvalue weighted by Gasteiger charge is 2.10. The molecule has 1 heterocycles. The molecule has 0 radical (unpaired) electrons. The zero-order valence-electron chi connectivity index (χ0n) is 15.7. The SMILES string of the molecule is CCOC(=O)c1ccc(Nc2ccnc(C(=O)Nc3cccc(C)c3)c2)cc1. The molecule has 3 rings (SSSR count). The van der Waals surface area contributed by atoms with Gasteiger partial charge in [0.2, 0.25) is 0 Å². The molecule has 3 aromatic rings. The van der Waals surface area contributed by atoms with Crippen molar-refractivity contribution in [3.8, 4) is 0 Å². The molecular weight excluding hydrogens is 354 g/mol. The third kappa shape index (κ3) is 4.94. The van der Waals surface area contributed by atoms with Crippen molar-refractivity contribution in [2.24, 2.45) is 0 Å². The largest absolute Gasteiger partial charge is 0.462 e. The van der Waals surface area contributed by atoms with Crippen LogP contribution >= 0.6 is 0 Å². The first-order chi connectivity index (χ1) is 13.5. The van der Waals surface area contributed by atoms with E-state index in [-0.39, 0.29) is 11.9 Å². The van der Waals surface area contributed by atoms with Crippen LogP contribution < -0.4 is 10.6 Å². The Morgan fingerprint density at radius 1 is 0.964 bits per heavy atom. The highest BCUT2D eigenvalue weighted by atomic mass is 16.5. The van der Waals surface area contributed by atoms with Gasteiger partial charge < -0.3 is 15.4 Å². The molecule has 0 unspecified atom stereocenters. The molecule has 0 aliphatic heterocycles. The molecule has 0 spiro atoms. The van der Waals surface area contributed by atoms with Gasteiger partial charge in [0.1, 0.15) is 5.69 Å². The predicted molar refractivity (Wildman–Crippen MR) is 109 cm³/mol. The summed E-state index contributed by atoms with van der Waals surface area (Å²) in [6.07, 6.45) is 1.57. The summed E-state index contributed by atoms with van der Waals surface area (Å²) in [6.45, 7) is 4.07. The second-order valence-electron chi connectivity index (χ2n) is 6.18. The Labute approximate surface area is 163 Å². The van der Waals surface area contributed by atoms with E-state index in [4.69, 9.17) is 4.74 Å². The number of aromatic nitrogens is 1. The number of pyridine rings is 1. The number of anilines is 3. The van der Waals surface area contributed by atoms with Crippen LogP contribution in [0.5, 0.6) is 0 Å². The van der Waals surface area contributed by atoms with E-state index in [0.29, 0.717) is 23.6 Å². The summed E-state index contributed by atoms with van der Waals surface area (Å²) in [5, 5.41) is 6.04. The van der Waals surface area contributed by atoms with Gasteiger partial charge in [-0.1, -0.05) is 12.1 Å². The van der Waals surface area contributed by atoms with Crippen LogP contribution in [0.1, 0.15) is 33.3 Å². The van der Waals surface area contributed by atoms with Gasteiger partial charge in [-0.05, 0) is 67.9 Å². The van der Waals surface area contributed by atoms with Crippen LogP contribution in [0.4, 0.5) is 17.1 Å². The quantitative estimate of drug-likeness (QED) is 0.617. The fourth-order valence-corrected chi connectivity index (χ4v) is 2.62. The van der Waals surface area contributed by atoms with Crippen LogP contribution in [0.2, 0.25) is 0 Å². The van der Waals surface area contributed by atoms with E-state index in [0.717, 1.165) is 16.9 Å². The molecule has 1 aromatic heterocycles. The lowest BCUT2D eigenvalue weighted by atomic mass is 10.2. The van der Waals surface area contributed by atoms with E-state index in [1.807, 2.05) is 31.2 Å². The fourth-order valence-electron chi connectivity index (χ4n) is 2.62. The third-order valence-electron chi connectivity index (χ3n) is 3.95. The molecule has 2 aromatic carbocycles. The van der Waals surface area contributed by atoms with Crippen molar-refractivity contribution in [2.45, 2.75) is 13.8 Å². The molecule has 0 atom stereocenters. The fraction of sp³-hybridized carbons (Fsp3) is 0.136. The van der Waals surface area contributed by atoms with E-state index < -0.39 is 0 Å². The predicted octanol–water partition coefficient (Wildman–Crippen LogP) is 4.56. The first kappa shape index (κ1) is 19.1. The van der Waals surface area contributed by atoms with Gasteiger partial charge in [0.15, 0.2) is 0 Å². The number of nitrogens with one attached hydrogen (secondary N) is 2. The number of rotatable bonds is 6. The summed E-state index contributed by atoms with van der Waals surface area (Å²) in [7, 11) is 0. The van der Waals surface area contributed by atoms with Crippen LogP contribution in [0.25, 0.3) is 0 Å². The summed E-state index contributed by atoms with van der Waals surface area (Å²) in [4.78, 5) is 28.3. The first-order valence-electron chi connectivity index (χ1n) is 8.93. The van der Waals surface area contributed by atoms with Gasteiger partial charge in [0.25, 0.3) is 5.91 Å². The van der Waals surface area contributed by atoms with Crippen LogP contribution in [-0.2, 0) is 4.74 Å². The number of hydrogen-bond acceptors (Lipinski definition) is 5. The lowest BCUT2D eigenvalue weighted by molar-refractivity contribution is 0.0526. The normalized spacial score (nSPS) is 10.2. The van der Waals surface area contributed by atoms with E-state index in [9.17, 15) is 9.59 Å². The van der Waals surface area contributed by atoms with Crippen LogP contribution in [-0.4, -0.2) is 23.5 Å². The van der Waals surface area contributed by atoms with Crippen molar-refractivity contribution in [2.75, 3.05) is 17.2 Å². The van der Waals surface area contributed by atoms with Crippen molar-refractivity contribution in [1.29, 1.82) is 0 Å². The summed E-state index contributed by atoms with van der Waals surface area (Å²) in [5.41, 5.74) is 4.07. The maximum absolute atomic E-state index is 12.5. The molecule has 6 nitrogen and oxygen atoms in total. The number of benzene rings is 2. The highest BCUT2D eigenvalue weighted by molar-refractivity contribution is 6.03. The summed E-state index contributed by atoms with van der Waals surface area (Å²) < 4.78 is 4.97. The average molecular weight is 375 g/mol. The van der Waals surface area contributed by atoms with E-state index in [2.05, 4.69) is 15.6 Å². The lowest BCUT2D eigenvalue weighted by Gasteiger charge is -2.09. The number of ether oxygens (including phenoxy) is 1. The second kappa shape index (κ2) is 8.81. The Morgan fingerprint density at radius 2 is 1.75 bits per heavy atom. The number of carbonyl (C=O) groups excluding carboxylic acids is 2. The van der Waals surface area contributed by atoms with Crippen molar-refractivity contribution in [3.63, 3.8) is 0 Å². The maximum Gasteiger partial charge on any atom is 0.338 e. The molecule has 6 heteroatoms. The van der Waals surface area contributed by atoms with Crippen molar-refractivity contribution in [3.05, 3.63) is 83.7 Å². The van der Waals surface area contributed by atoms with Gasteiger partial charge in [0.05, 0.1) is 12.2 Å². The molecule has 0 saturated heterocycles. The Kier molecular flexibility index (Phi) is 6.01. The minimum absolute atomic E-state index is 0.285. The molecule has 0 aliphatic carbocycles. The lowest BCUT2D eigenvalue weighted by Crippen LogP contribution is -2.13. The van der Waals surface area contributed by atoms with Crippen LogP contribution in [0, 0.1) is 6.92 Å².